The summed E-state index contributed by atoms with van der Waals surface area (Å²) < 4.78 is 23.5. The first-order valence-corrected chi connectivity index (χ1v) is 9.13. The summed E-state index contributed by atoms with van der Waals surface area (Å²) in [5.41, 5.74) is -0.664. The number of rotatable bonds is 3. The molecule has 0 aromatic rings. The van der Waals surface area contributed by atoms with E-state index in [0.717, 1.165) is 19.3 Å². The van der Waals surface area contributed by atoms with E-state index in [9.17, 15) is 18.3 Å². The van der Waals surface area contributed by atoms with Crippen LogP contribution in [0.4, 0.5) is 0 Å². The van der Waals surface area contributed by atoms with Crippen molar-refractivity contribution in [2.45, 2.75) is 57.1 Å². The molecule has 2 rings (SSSR count). The van der Waals surface area contributed by atoms with Crippen LogP contribution in [0.15, 0.2) is 0 Å². The zero-order valence-corrected chi connectivity index (χ0v) is 12.6. The molecule has 4 unspecified atom stereocenters. The number of carboxylic acid groups (broad SMARTS) is 1. The highest BCUT2D eigenvalue weighted by atomic mass is 32.2. The molecule has 0 radical (unpaired) electrons. The van der Waals surface area contributed by atoms with Crippen molar-refractivity contribution in [3.05, 3.63) is 0 Å². The molecule has 0 amide bonds. The molecule has 19 heavy (non-hydrogen) atoms. The van der Waals surface area contributed by atoms with E-state index in [0.29, 0.717) is 31.6 Å². The molecule has 0 spiro atoms. The molecule has 110 valence electrons. The molecule has 2 aliphatic rings. The molecular formula is C14H24O4S. The van der Waals surface area contributed by atoms with Crippen LogP contribution in [0.2, 0.25) is 0 Å². The lowest BCUT2D eigenvalue weighted by Crippen LogP contribution is -2.41. The lowest BCUT2D eigenvalue weighted by atomic mass is 9.67. The van der Waals surface area contributed by atoms with Crippen LogP contribution in [0.3, 0.4) is 0 Å². The monoisotopic (exact) mass is 288 g/mol. The van der Waals surface area contributed by atoms with E-state index in [4.69, 9.17) is 0 Å². The Kier molecular flexibility index (Phi) is 3.96. The molecule has 0 aliphatic heterocycles. The smallest absolute Gasteiger partial charge is 0.309 e. The second kappa shape index (κ2) is 5.08. The van der Waals surface area contributed by atoms with E-state index in [1.165, 1.54) is 6.26 Å². The van der Waals surface area contributed by atoms with Crippen molar-refractivity contribution >= 4 is 15.8 Å². The van der Waals surface area contributed by atoms with Crippen molar-refractivity contribution < 1.29 is 18.3 Å². The first-order chi connectivity index (χ1) is 8.75. The Bertz CT molecular complexity index is 456. The minimum atomic E-state index is -3.05. The second-order valence-corrected chi connectivity index (χ2v) is 8.95. The molecule has 5 heteroatoms. The largest absolute Gasteiger partial charge is 0.481 e. The van der Waals surface area contributed by atoms with Gasteiger partial charge in [-0.2, -0.15) is 0 Å². The molecule has 2 aliphatic carbocycles. The van der Waals surface area contributed by atoms with Crippen LogP contribution in [0, 0.1) is 17.3 Å². The van der Waals surface area contributed by atoms with Crippen LogP contribution in [0.5, 0.6) is 0 Å². The highest BCUT2D eigenvalue weighted by Gasteiger charge is 2.51. The summed E-state index contributed by atoms with van der Waals surface area (Å²) in [6, 6.07) is 0. The normalized spacial score (nSPS) is 40.2. The Morgan fingerprint density at radius 1 is 1.26 bits per heavy atom. The molecular weight excluding hydrogens is 264 g/mol. The third-order valence-corrected chi connectivity index (χ3v) is 6.87. The van der Waals surface area contributed by atoms with Crippen molar-refractivity contribution in [3.63, 3.8) is 0 Å². The van der Waals surface area contributed by atoms with Gasteiger partial charge in [0.25, 0.3) is 0 Å². The van der Waals surface area contributed by atoms with Gasteiger partial charge in [0.2, 0.25) is 0 Å². The molecule has 2 fully saturated rings. The molecule has 2 saturated carbocycles. The summed E-state index contributed by atoms with van der Waals surface area (Å²) in [4.78, 5) is 11.8. The van der Waals surface area contributed by atoms with Gasteiger partial charge in [-0.15, -0.1) is 0 Å². The molecule has 0 saturated heterocycles. The van der Waals surface area contributed by atoms with Crippen molar-refractivity contribution in [2.24, 2.45) is 17.3 Å². The summed E-state index contributed by atoms with van der Waals surface area (Å²) in [6.45, 7) is 2.10. The Balaban J connectivity index is 2.22. The van der Waals surface area contributed by atoms with Crippen molar-refractivity contribution in [2.75, 3.05) is 6.26 Å². The SMILES string of the molecule is CC1CCC(C(=O)O)(C2CCCC(S(C)(=O)=O)C2)C1. The molecule has 0 heterocycles. The van der Waals surface area contributed by atoms with E-state index in [2.05, 4.69) is 6.92 Å². The highest BCUT2D eigenvalue weighted by Crippen LogP contribution is 2.52. The van der Waals surface area contributed by atoms with E-state index in [1.54, 1.807) is 0 Å². The Hall–Kier alpha value is -0.580. The predicted octanol–water partition coefficient (Wildman–Crippen LogP) is 2.48. The van der Waals surface area contributed by atoms with Gasteiger partial charge in [-0.1, -0.05) is 13.3 Å². The second-order valence-electron chi connectivity index (χ2n) is 6.62. The van der Waals surface area contributed by atoms with Gasteiger partial charge in [-0.3, -0.25) is 4.79 Å². The average Bonchev–Trinajstić information content (AvgIpc) is 2.72. The fourth-order valence-electron chi connectivity index (χ4n) is 4.11. The Morgan fingerprint density at radius 3 is 2.42 bits per heavy atom. The lowest BCUT2D eigenvalue weighted by Gasteiger charge is -2.39. The molecule has 0 aromatic carbocycles. The Labute approximate surface area is 115 Å². The van der Waals surface area contributed by atoms with E-state index in [-0.39, 0.29) is 11.2 Å². The van der Waals surface area contributed by atoms with Gasteiger partial charge in [-0.05, 0) is 50.4 Å². The molecule has 4 atom stereocenters. The van der Waals surface area contributed by atoms with Crippen molar-refractivity contribution in [1.82, 2.24) is 0 Å². The number of sulfone groups is 1. The van der Waals surface area contributed by atoms with Crippen LogP contribution in [-0.2, 0) is 14.6 Å². The quantitative estimate of drug-likeness (QED) is 0.866. The van der Waals surface area contributed by atoms with Crippen LogP contribution in [0.1, 0.15) is 51.9 Å². The fourth-order valence-corrected chi connectivity index (χ4v) is 5.28. The van der Waals surface area contributed by atoms with Crippen LogP contribution in [0.25, 0.3) is 0 Å². The van der Waals surface area contributed by atoms with E-state index in [1.807, 2.05) is 0 Å². The number of hydrogen-bond donors (Lipinski definition) is 1. The minimum Gasteiger partial charge on any atom is -0.481 e. The van der Waals surface area contributed by atoms with Crippen molar-refractivity contribution in [3.8, 4) is 0 Å². The zero-order valence-electron chi connectivity index (χ0n) is 11.8. The zero-order chi connectivity index (χ0) is 14.3. The van der Waals surface area contributed by atoms with Crippen LogP contribution >= 0.6 is 0 Å². The number of carboxylic acids is 1. The summed E-state index contributed by atoms with van der Waals surface area (Å²) in [5, 5.41) is 9.34. The van der Waals surface area contributed by atoms with Gasteiger partial charge in [0.05, 0.1) is 10.7 Å². The van der Waals surface area contributed by atoms with Gasteiger partial charge in [-0.25, -0.2) is 8.42 Å². The molecule has 0 aromatic heterocycles. The van der Waals surface area contributed by atoms with E-state index >= 15 is 0 Å². The standard InChI is InChI=1S/C14H24O4S/c1-10-6-7-14(9-10,13(15)16)11-4-3-5-12(8-11)19(2,17)18/h10-12H,3-9H2,1-2H3,(H,15,16). The number of hydrogen-bond acceptors (Lipinski definition) is 3. The average molecular weight is 288 g/mol. The van der Waals surface area contributed by atoms with Gasteiger partial charge in [0.1, 0.15) is 9.84 Å². The van der Waals surface area contributed by atoms with Crippen LogP contribution < -0.4 is 0 Å². The topological polar surface area (TPSA) is 71.4 Å². The van der Waals surface area contributed by atoms with E-state index < -0.39 is 21.2 Å². The third kappa shape index (κ3) is 2.81. The Morgan fingerprint density at radius 2 is 1.95 bits per heavy atom. The van der Waals surface area contributed by atoms with Gasteiger partial charge in [0, 0.05) is 6.26 Å². The maximum absolute atomic E-state index is 11.8. The summed E-state index contributed by atoms with van der Waals surface area (Å²) in [6.07, 6.45) is 6.60. The summed E-state index contributed by atoms with van der Waals surface area (Å²) >= 11 is 0. The predicted molar refractivity (Wildman–Crippen MR) is 73.7 cm³/mol. The number of aliphatic carboxylic acids is 1. The third-order valence-electron chi connectivity index (χ3n) is 5.23. The fraction of sp³-hybridized carbons (Fsp3) is 0.929. The summed E-state index contributed by atoms with van der Waals surface area (Å²) in [5.74, 6) is -0.242. The minimum absolute atomic E-state index is 0.0309. The van der Waals surface area contributed by atoms with Crippen molar-refractivity contribution in [1.29, 1.82) is 0 Å². The van der Waals surface area contributed by atoms with Crippen LogP contribution in [-0.4, -0.2) is 31.0 Å². The maximum atomic E-state index is 11.8. The number of carbonyl (C=O) groups is 1. The van der Waals surface area contributed by atoms with Gasteiger partial charge >= 0.3 is 5.97 Å². The first-order valence-electron chi connectivity index (χ1n) is 7.18. The molecule has 4 nitrogen and oxygen atoms in total. The van der Waals surface area contributed by atoms with Gasteiger partial charge < -0.3 is 5.11 Å². The lowest BCUT2D eigenvalue weighted by molar-refractivity contribution is -0.153. The highest BCUT2D eigenvalue weighted by molar-refractivity contribution is 7.91. The van der Waals surface area contributed by atoms with Gasteiger partial charge in [0.15, 0.2) is 0 Å². The first kappa shape index (κ1) is 14.8. The molecule has 0 bridgehead atoms. The maximum Gasteiger partial charge on any atom is 0.309 e. The molecule has 1 N–H and O–H groups in total. The summed E-state index contributed by atoms with van der Waals surface area (Å²) in [7, 11) is -3.05.